The highest BCUT2D eigenvalue weighted by Crippen LogP contribution is 2.08. The SMILES string of the molecule is C=C(O)C(Cl)=NC(C)C(C)C. The molecule has 0 aromatic carbocycles. The van der Waals surface area contributed by atoms with Crippen molar-refractivity contribution in [3.8, 4) is 0 Å². The van der Waals surface area contributed by atoms with Gasteiger partial charge in [-0.05, 0) is 12.8 Å². The Labute approximate surface area is 72.6 Å². The van der Waals surface area contributed by atoms with E-state index in [2.05, 4.69) is 11.6 Å². The monoisotopic (exact) mass is 175 g/mol. The van der Waals surface area contributed by atoms with E-state index in [9.17, 15) is 0 Å². The van der Waals surface area contributed by atoms with Gasteiger partial charge in [-0.2, -0.15) is 0 Å². The third-order valence-electron chi connectivity index (χ3n) is 1.52. The fraction of sp³-hybridized carbons (Fsp3) is 0.625. The van der Waals surface area contributed by atoms with Gasteiger partial charge in [0.15, 0.2) is 5.17 Å². The molecule has 0 amide bonds. The highest BCUT2D eigenvalue weighted by Gasteiger charge is 2.06. The first kappa shape index (κ1) is 10.5. The molecule has 0 fully saturated rings. The first-order valence-electron chi connectivity index (χ1n) is 3.56. The Morgan fingerprint density at radius 1 is 1.45 bits per heavy atom. The van der Waals surface area contributed by atoms with Crippen LogP contribution in [0.5, 0.6) is 0 Å². The summed E-state index contributed by atoms with van der Waals surface area (Å²) in [5, 5.41) is 8.90. The summed E-state index contributed by atoms with van der Waals surface area (Å²) in [5.41, 5.74) is 0. The van der Waals surface area contributed by atoms with Gasteiger partial charge < -0.3 is 5.11 Å². The minimum Gasteiger partial charge on any atom is -0.505 e. The van der Waals surface area contributed by atoms with Gasteiger partial charge in [-0.25, -0.2) is 0 Å². The summed E-state index contributed by atoms with van der Waals surface area (Å²) in [5.74, 6) is 0.252. The molecule has 0 bridgehead atoms. The standard InChI is InChI=1S/C8H14ClNO/c1-5(2)6(3)10-8(9)7(4)11/h5-6,11H,4H2,1-3H3. The molecule has 64 valence electrons. The van der Waals surface area contributed by atoms with Crippen molar-refractivity contribution in [3.05, 3.63) is 12.3 Å². The van der Waals surface area contributed by atoms with Gasteiger partial charge in [-0.1, -0.05) is 32.0 Å². The van der Waals surface area contributed by atoms with Crippen LogP contribution in [0.25, 0.3) is 0 Å². The molecule has 1 unspecified atom stereocenters. The van der Waals surface area contributed by atoms with Crippen LogP contribution in [0.2, 0.25) is 0 Å². The van der Waals surface area contributed by atoms with Gasteiger partial charge in [-0.15, -0.1) is 0 Å². The fourth-order valence-electron chi connectivity index (χ4n) is 0.402. The Morgan fingerprint density at radius 2 is 1.91 bits per heavy atom. The lowest BCUT2D eigenvalue weighted by atomic mass is 10.1. The van der Waals surface area contributed by atoms with Crippen molar-refractivity contribution < 1.29 is 5.11 Å². The van der Waals surface area contributed by atoms with E-state index in [0.29, 0.717) is 5.92 Å². The zero-order valence-electron chi connectivity index (χ0n) is 7.13. The van der Waals surface area contributed by atoms with Gasteiger partial charge in [0.1, 0.15) is 5.76 Å². The minimum atomic E-state index is -0.167. The molecule has 2 nitrogen and oxygen atoms in total. The van der Waals surface area contributed by atoms with E-state index in [-0.39, 0.29) is 17.0 Å². The van der Waals surface area contributed by atoms with E-state index in [4.69, 9.17) is 16.7 Å². The van der Waals surface area contributed by atoms with Crippen LogP contribution >= 0.6 is 11.6 Å². The first-order valence-corrected chi connectivity index (χ1v) is 3.94. The maximum atomic E-state index is 8.79. The van der Waals surface area contributed by atoms with E-state index < -0.39 is 0 Å². The van der Waals surface area contributed by atoms with Crippen molar-refractivity contribution in [2.75, 3.05) is 0 Å². The largest absolute Gasteiger partial charge is 0.505 e. The molecule has 0 aromatic heterocycles. The highest BCUT2D eigenvalue weighted by atomic mass is 35.5. The molecule has 0 radical (unpaired) electrons. The summed E-state index contributed by atoms with van der Waals surface area (Å²) in [6.07, 6.45) is 0. The van der Waals surface area contributed by atoms with Crippen LogP contribution in [0, 0.1) is 5.92 Å². The molecule has 0 aliphatic rings. The molecule has 1 N–H and O–H groups in total. The van der Waals surface area contributed by atoms with Crippen molar-refractivity contribution in [1.82, 2.24) is 0 Å². The zero-order chi connectivity index (χ0) is 9.02. The van der Waals surface area contributed by atoms with E-state index >= 15 is 0 Å². The van der Waals surface area contributed by atoms with Gasteiger partial charge in [0.25, 0.3) is 0 Å². The van der Waals surface area contributed by atoms with Crippen LogP contribution in [0.3, 0.4) is 0 Å². The smallest absolute Gasteiger partial charge is 0.165 e. The Kier molecular flexibility index (Phi) is 4.19. The normalized spacial score (nSPS) is 15.2. The van der Waals surface area contributed by atoms with Crippen LogP contribution < -0.4 is 0 Å². The third-order valence-corrected chi connectivity index (χ3v) is 1.84. The van der Waals surface area contributed by atoms with Crippen LogP contribution in [0.15, 0.2) is 17.3 Å². The number of aliphatic imine (C=N–C) groups is 1. The predicted molar refractivity (Wildman–Crippen MR) is 49.4 cm³/mol. The topological polar surface area (TPSA) is 32.6 Å². The summed E-state index contributed by atoms with van der Waals surface area (Å²) in [4.78, 5) is 4.01. The van der Waals surface area contributed by atoms with Crippen molar-refractivity contribution in [2.45, 2.75) is 26.8 Å². The van der Waals surface area contributed by atoms with Gasteiger partial charge in [-0.3, -0.25) is 4.99 Å². The second-order valence-electron chi connectivity index (χ2n) is 2.85. The van der Waals surface area contributed by atoms with Crippen molar-refractivity contribution in [1.29, 1.82) is 0 Å². The number of aliphatic hydroxyl groups excluding tert-OH is 1. The Morgan fingerprint density at radius 3 is 2.18 bits per heavy atom. The molecule has 0 aliphatic carbocycles. The van der Waals surface area contributed by atoms with Gasteiger partial charge >= 0.3 is 0 Å². The number of nitrogens with zero attached hydrogens (tertiary/aromatic N) is 1. The minimum absolute atomic E-state index is 0.103. The summed E-state index contributed by atoms with van der Waals surface area (Å²) in [7, 11) is 0. The first-order chi connectivity index (χ1) is 4.95. The zero-order valence-corrected chi connectivity index (χ0v) is 7.89. The maximum absolute atomic E-state index is 8.79. The molecule has 0 saturated heterocycles. The number of hydrogen-bond acceptors (Lipinski definition) is 2. The number of hydrogen-bond donors (Lipinski definition) is 1. The highest BCUT2D eigenvalue weighted by molar-refractivity contribution is 6.69. The molecule has 11 heavy (non-hydrogen) atoms. The second kappa shape index (κ2) is 4.39. The molecule has 1 atom stereocenters. The Hall–Kier alpha value is -0.500. The van der Waals surface area contributed by atoms with E-state index in [1.165, 1.54) is 0 Å². The van der Waals surface area contributed by atoms with E-state index in [0.717, 1.165) is 0 Å². The van der Waals surface area contributed by atoms with Crippen molar-refractivity contribution in [2.24, 2.45) is 10.9 Å². The molecular formula is C8H14ClNO. The maximum Gasteiger partial charge on any atom is 0.165 e. The molecule has 0 spiro atoms. The summed E-state index contributed by atoms with van der Waals surface area (Å²) in [6.45, 7) is 9.28. The molecule has 0 aliphatic heterocycles. The lowest BCUT2D eigenvalue weighted by Crippen LogP contribution is -2.09. The Bertz CT molecular complexity index is 175. The van der Waals surface area contributed by atoms with Crippen molar-refractivity contribution in [3.63, 3.8) is 0 Å². The molecule has 0 aromatic rings. The van der Waals surface area contributed by atoms with Crippen molar-refractivity contribution >= 4 is 16.8 Å². The van der Waals surface area contributed by atoms with Crippen LogP contribution in [0.1, 0.15) is 20.8 Å². The molecule has 0 saturated carbocycles. The quantitative estimate of drug-likeness (QED) is 0.519. The lowest BCUT2D eigenvalue weighted by Gasteiger charge is -2.09. The third kappa shape index (κ3) is 4.04. The van der Waals surface area contributed by atoms with Crippen LogP contribution in [0.4, 0.5) is 0 Å². The Balaban J connectivity index is 4.19. The average Bonchev–Trinajstić information content (AvgIpc) is 1.87. The number of aliphatic hydroxyl groups is 1. The average molecular weight is 176 g/mol. The summed E-state index contributed by atoms with van der Waals surface area (Å²) < 4.78 is 0. The van der Waals surface area contributed by atoms with E-state index in [1.54, 1.807) is 0 Å². The number of allylic oxidation sites excluding steroid dienone is 1. The summed E-state index contributed by atoms with van der Waals surface area (Å²) in [6, 6.07) is 0.117. The molecule has 3 heteroatoms. The molecular weight excluding hydrogens is 162 g/mol. The molecule has 0 rings (SSSR count). The van der Waals surface area contributed by atoms with E-state index in [1.807, 2.05) is 20.8 Å². The predicted octanol–water partition coefficient (Wildman–Crippen LogP) is 2.74. The fourth-order valence-corrected chi connectivity index (χ4v) is 0.556. The van der Waals surface area contributed by atoms with Crippen LogP contribution in [-0.2, 0) is 0 Å². The number of rotatable bonds is 3. The number of halogens is 1. The lowest BCUT2D eigenvalue weighted by molar-refractivity contribution is 0.445. The van der Waals surface area contributed by atoms with Crippen LogP contribution in [-0.4, -0.2) is 16.3 Å². The van der Waals surface area contributed by atoms with Gasteiger partial charge in [0, 0.05) is 0 Å². The summed E-state index contributed by atoms with van der Waals surface area (Å²) >= 11 is 5.56. The van der Waals surface area contributed by atoms with Gasteiger partial charge in [0.2, 0.25) is 0 Å². The van der Waals surface area contributed by atoms with Gasteiger partial charge in [0.05, 0.1) is 6.04 Å². The second-order valence-corrected chi connectivity index (χ2v) is 3.21. The molecule has 0 heterocycles.